The van der Waals surface area contributed by atoms with Crippen LogP contribution in [0.3, 0.4) is 0 Å². The molecular formula is C28H30F3N5O4. The third-order valence-corrected chi connectivity index (χ3v) is 6.90. The van der Waals surface area contributed by atoms with Crippen LogP contribution in [0, 0.1) is 0 Å². The van der Waals surface area contributed by atoms with Crippen molar-refractivity contribution in [3.63, 3.8) is 0 Å². The number of hydrogen-bond donors (Lipinski definition) is 0. The molecule has 1 spiro atoms. The summed E-state index contributed by atoms with van der Waals surface area (Å²) in [5.74, 6) is -0.783. The first kappa shape index (κ1) is 27.6. The van der Waals surface area contributed by atoms with Gasteiger partial charge in [0.2, 0.25) is 0 Å². The first-order valence-electron chi connectivity index (χ1n) is 12.9. The van der Waals surface area contributed by atoms with E-state index in [1.165, 1.54) is 13.2 Å². The highest BCUT2D eigenvalue weighted by Gasteiger charge is 2.50. The van der Waals surface area contributed by atoms with E-state index in [0.717, 1.165) is 5.56 Å². The second-order valence-corrected chi connectivity index (χ2v) is 10.8. The number of amides is 1. The Labute approximate surface area is 229 Å². The molecule has 212 valence electrons. The van der Waals surface area contributed by atoms with Gasteiger partial charge in [0.15, 0.2) is 0 Å². The maximum absolute atomic E-state index is 13.5. The lowest BCUT2D eigenvalue weighted by Gasteiger charge is -2.47. The lowest BCUT2D eigenvalue weighted by molar-refractivity contribution is -0.146. The molecule has 2 aromatic carbocycles. The van der Waals surface area contributed by atoms with E-state index >= 15 is 0 Å². The molecule has 0 saturated carbocycles. The van der Waals surface area contributed by atoms with Crippen LogP contribution >= 0.6 is 0 Å². The highest BCUT2D eigenvalue weighted by Crippen LogP contribution is 2.49. The van der Waals surface area contributed by atoms with Crippen LogP contribution in [-0.2, 0) is 15.7 Å². The Morgan fingerprint density at radius 1 is 1.12 bits per heavy atom. The van der Waals surface area contributed by atoms with Gasteiger partial charge in [0.1, 0.15) is 17.0 Å². The molecule has 0 radical (unpaired) electrons. The van der Waals surface area contributed by atoms with Crippen molar-refractivity contribution in [1.29, 1.82) is 0 Å². The van der Waals surface area contributed by atoms with Gasteiger partial charge in [-0.05, 0) is 79.5 Å². The van der Waals surface area contributed by atoms with Gasteiger partial charge in [-0.2, -0.15) is 17.9 Å². The van der Waals surface area contributed by atoms with E-state index in [4.69, 9.17) is 14.2 Å². The van der Waals surface area contributed by atoms with Gasteiger partial charge in [-0.1, -0.05) is 30.3 Å². The number of piperidine rings is 1. The predicted octanol–water partition coefficient (Wildman–Crippen LogP) is 5.61. The third kappa shape index (κ3) is 5.27. The highest BCUT2D eigenvalue weighted by atomic mass is 19.4. The lowest BCUT2D eigenvalue weighted by Crippen LogP contribution is -2.53. The van der Waals surface area contributed by atoms with Crippen molar-refractivity contribution < 1.29 is 32.2 Å². The molecule has 0 unspecified atom stereocenters. The van der Waals surface area contributed by atoms with Gasteiger partial charge >= 0.3 is 12.3 Å². The van der Waals surface area contributed by atoms with Gasteiger partial charge in [0, 0.05) is 12.1 Å². The Balaban J connectivity index is 1.59. The number of nitrogens with zero attached hydrogens (tertiary/aromatic N) is 5. The Bertz CT molecular complexity index is 1420. The van der Waals surface area contributed by atoms with Crippen LogP contribution in [0.15, 0.2) is 54.6 Å². The molecule has 2 aliphatic heterocycles. The fourth-order valence-corrected chi connectivity index (χ4v) is 5.33. The minimum Gasteiger partial charge on any atom is -0.496 e. The van der Waals surface area contributed by atoms with Crippen LogP contribution in [0.5, 0.6) is 5.75 Å². The van der Waals surface area contributed by atoms with E-state index in [9.17, 15) is 18.0 Å². The summed E-state index contributed by atoms with van der Waals surface area (Å²) in [6.45, 7) is 6.11. The molecule has 5 rings (SSSR count). The monoisotopic (exact) mass is 557 g/mol. The Kier molecular flexibility index (Phi) is 7.07. The maximum Gasteiger partial charge on any atom is 0.453 e. The third-order valence-electron chi connectivity index (χ3n) is 6.90. The number of alkyl halides is 3. The van der Waals surface area contributed by atoms with Crippen LogP contribution < -0.4 is 4.74 Å². The number of carbonyl (C=O) groups excluding carboxylic acids is 1. The maximum atomic E-state index is 13.5. The Morgan fingerprint density at radius 3 is 2.55 bits per heavy atom. The zero-order valence-corrected chi connectivity index (χ0v) is 22.6. The number of benzene rings is 2. The molecule has 12 heteroatoms. The fraction of sp³-hybridized carbons (Fsp3) is 0.429. The summed E-state index contributed by atoms with van der Waals surface area (Å²) in [6, 6.07) is 13.7. The van der Waals surface area contributed by atoms with Gasteiger partial charge in [-0.25, -0.2) is 4.79 Å². The zero-order valence-electron chi connectivity index (χ0n) is 22.6. The van der Waals surface area contributed by atoms with Crippen molar-refractivity contribution in [1.82, 2.24) is 25.1 Å². The minimum atomic E-state index is -4.74. The number of hydrogen-bond acceptors (Lipinski definition) is 7. The molecule has 3 aromatic rings. The van der Waals surface area contributed by atoms with E-state index in [0.29, 0.717) is 41.0 Å². The number of rotatable bonds is 4. The molecule has 1 amide bonds. The SMILES string of the molecule is COc1ccc(-n2nnnc2C(F)(F)F)cc1C1=C[C@@]2(CCCN(C(=O)OC(C)(C)C)[C@H]2c2ccccc2)OC1. The second-order valence-electron chi connectivity index (χ2n) is 10.8. The molecule has 3 heterocycles. The van der Waals surface area contributed by atoms with E-state index in [1.54, 1.807) is 17.0 Å². The lowest BCUT2D eigenvalue weighted by atomic mass is 9.80. The molecule has 2 atom stereocenters. The van der Waals surface area contributed by atoms with Crippen molar-refractivity contribution in [3.05, 3.63) is 71.6 Å². The minimum absolute atomic E-state index is 0.119. The van der Waals surface area contributed by atoms with Crippen LogP contribution in [0.1, 0.15) is 56.6 Å². The van der Waals surface area contributed by atoms with Crippen molar-refractivity contribution in [2.24, 2.45) is 0 Å². The van der Waals surface area contributed by atoms with Gasteiger partial charge in [-0.3, -0.25) is 4.90 Å². The van der Waals surface area contributed by atoms with E-state index in [-0.39, 0.29) is 12.3 Å². The number of tetrazole rings is 1. The quantitative estimate of drug-likeness (QED) is 0.412. The smallest absolute Gasteiger partial charge is 0.453 e. The molecule has 0 bridgehead atoms. The van der Waals surface area contributed by atoms with Crippen molar-refractivity contribution in [2.75, 3.05) is 20.3 Å². The van der Waals surface area contributed by atoms with Crippen LogP contribution in [0.4, 0.5) is 18.0 Å². The van der Waals surface area contributed by atoms with E-state index in [1.807, 2.05) is 57.2 Å². The number of carbonyl (C=O) groups is 1. The van der Waals surface area contributed by atoms with Crippen LogP contribution in [0.25, 0.3) is 11.3 Å². The van der Waals surface area contributed by atoms with Gasteiger partial charge in [-0.15, -0.1) is 5.10 Å². The fourth-order valence-electron chi connectivity index (χ4n) is 5.33. The summed E-state index contributed by atoms with van der Waals surface area (Å²) in [6.07, 6.45) is -1.91. The molecule has 1 fully saturated rings. The average molecular weight is 558 g/mol. The second kappa shape index (κ2) is 10.2. The molecule has 1 saturated heterocycles. The first-order chi connectivity index (χ1) is 18.9. The van der Waals surface area contributed by atoms with Gasteiger partial charge < -0.3 is 14.2 Å². The standard InChI is InChI=1S/C28H30F3N5O4/c1-26(2,3)40-25(37)35-14-8-13-27(23(35)18-9-6-5-7-10-18)16-19(17-39-27)21-15-20(11-12-22(21)38-4)36-24(28(29,30)31)32-33-34-36/h5-7,9-12,15-16,23H,8,13-14,17H2,1-4H3/t23-,27+/m0/s1. The zero-order chi connectivity index (χ0) is 28.7. The molecular weight excluding hydrogens is 527 g/mol. The first-order valence-corrected chi connectivity index (χ1v) is 12.9. The summed E-state index contributed by atoms with van der Waals surface area (Å²) >= 11 is 0. The van der Waals surface area contributed by atoms with Crippen molar-refractivity contribution >= 4 is 11.7 Å². The van der Waals surface area contributed by atoms with E-state index < -0.39 is 35.3 Å². The number of aromatic nitrogens is 4. The summed E-state index contributed by atoms with van der Waals surface area (Å²) in [5.41, 5.74) is 0.691. The summed E-state index contributed by atoms with van der Waals surface area (Å²) in [4.78, 5) is 15.1. The van der Waals surface area contributed by atoms with Gasteiger partial charge in [0.25, 0.3) is 5.82 Å². The normalized spacial score (nSPS) is 21.4. The summed E-state index contributed by atoms with van der Waals surface area (Å²) in [5, 5.41) is 9.93. The highest BCUT2D eigenvalue weighted by molar-refractivity contribution is 5.76. The number of likely N-dealkylation sites (tertiary alicyclic amines) is 1. The molecule has 1 aromatic heterocycles. The number of ether oxygens (including phenoxy) is 3. The molecule has 2 aliphatic rings. The number of methoxy groups -OCH3 is 1. The topological polar surface area (TPSA) is 91.6 Å². The average Bonchev–Trinajstić information content (AvgIpc) is 3.56. The Morgan fingerprint density at radius 2 is 1.88 bits per heavy atom. The summed E-state index contributed by atoms with van der Waals surface area (Å²) in [7, 11) is 1.49. The molecule has 9 nitrogen and oxygen atoms in total. The molecule has 0 aliphatic carbocycles. The van der Waals surface area contributed by atoms with Crippen LogP contribution in [-0.4, -0.2) is 62.7 Å². The van der Waals surface area contributed by atoms with Crippen molar-refractivity contribution in [2.45, 2.75) is 57.0 Å². The largest absolute Gasteiger partial charge is 0.496 e. The van der Waals surface area contributed by atoms with Gasteiger partial charge in [0.05, 0.1) is 25.4 Å². The molecule has 0 N–H and O–H groups in total. The summed E-state index contributed by atoms with van der Waals surface area (Å²) < 4.78 is 59.0. The number of halogens is 3. The Hall–Kier alpha value is -3.93. The van der Waals surface area contributed by atoms with E-state index in [2.05, 4.69) is 15.5 Å². The van der Waals surface area contributed by atoms with Crippen LogP contribution in [0.2, 0.25) is 0 Å². The molecule has 40 heavy (non-hydrogen) atoms. The predicted molar refractivity (Wildman–Crippen MR) is 139 cm³/mol. The van der Waals surface area contributed by atoms with Crippen molar-refractivity contribution in [3.8, 4) is 11.4 Å².